The molecule has 1 saturated carbocycles. The second-order valence-corrected chi connectivity index (χ2v) is 6.75. The van der Waals surface area contributed by atoms with Crippen molar-refractivity contribution in [3.05, 3.63) is 29.8 Å². The molecule has 1 heterocycles. The number of amides is 1. The number of carbonyl (C=O) groups is 2. The number of nitrogens with zero attached hydrogens (tertiary/aromatic N) is 1. The predicted octanol–water partition coefficient (Wildman–Crippen LogP) is 1.93. The Balaban J connectivity index is 1.52. The summed E-state index contributed by atoms with van der Waals surface area (Å²) < 4.78 is 10.5. The molecule has 1 aromatic rings. The molecular weight excluding hydrogens is 310 g/mol. The molecule has 3 rings (SSSR count). The average molecular weight is 333 g/mol. The van der Waals surface area contributed by atoms with Crippen LogP contribution in [-0.2, 0) is 20.9 Å². The molecule has 1 aliphatic carbocycles. The summed E-state index contributed by atoms with van der Waals surface area (Å²) in [6, 6.07) is 7.18. The Morgan fingerprint density at radius 2 is 1.96 bits per heavy atom. The van der Waals surface area contributed by atoms with Crippen LogP contribution in [0.25, 0.3) is 0 Å². The van der Waals surface area contributed by atoms with E-state index in [-0.39, 0.29) is 23.8 Å². The third-order valence-corrected chi connectivity index (χ3v) is 5.06. The van der Waals surface area contributed by atoms with E-state index >= 15 is 0 Å². The van der Waals surface area contributed by atoms with Gasteiger partial charge in [0, 0.05) is 32.7 Å². The van der Waals surface area contributed by atoms with Crippen molar-refractivity contribution < 1.29 is 24.2 Å². The second kappa shape index (κ2) is 6.81. The number of carboxylic acid groups (broad SMARTS) is 1. The first-order valence-electron chi connectivity index (χ1n) is 8.26. The summed E-state index contributed by atoms with van der Waals surface area (Å²) in [6.07, 6.45) is 2.97. The van der Waals surface area contributed by atoms with Crippen molar-refractivity contribution in [1.29, 1.82) is 0 Å². The standard InChI is InChI=1S/C18H23NO5/c1-19(17(22)15-10-18(15)6-8-23-9-7-18)11-13-2-4-14(5-3-13)24-12-16(20)21/h2-5,15H,6-12H2,1H3,(H,20,21). The van der Waals surface area contributed by atoms with Crippen LogP contribution in [0.5, 0.6) is 5.75 Å². The van der Waals surface area contributed by atoms with Crippen LogP contribution in [0.4, 0.5) is 0 Å². The first-order chi connectivity index (χ1) is 11.5. The van der Waals surface area contributed by atoms with Gasteiger partial charge in [-0.1, -0.05) is 12.1 Å². The minimum atomic E-state index is -1.00. The van der Waals surface area contributed by atoms with Gasteiger partial charge < -0.3 is 19.5 Å². The lowest BCUT2D eigenvalue weighted by Crippen LogP contribution is -2.31. The number of aliphatic carboxylic acids is 1. The molecular formula is C18H23NO5. The number of carbonyl (C=O) groups excluding carboxylic acids is 1. The second-order valence-electron chi connectivity index (χ2n) is 6.75. The summed E-state index contributed by atoms with van der Waals surface area (Å²) in [5.41, 5.74) is 1.19. The van der Waals surface area contributed by atoms with E-state index in [0.29, 0.717) is 12.3 Å². The Labute approximate surface area is 141 Å². The summed E-state index contributed by atoms with van der Waals surface area (Å²) >= 11 is 0. The fourth-order valence-corrected chi connectivity index (χ4v) is 3.48. The van der Waals surface area contributed by atoms with Crippen LogP contribution in [0.3, 0.4) is 0 Å². The minimum absolute atomic E-state index is 0.143. The molecule has 6 heteroatoms. The fourth-order valence-electron chi connectivity index (χ4n) is 3.48. The number of benzene rings is 1. The van der Waals surface area contributed by atoms with Gasteiger partial charge in [-0.05, 0) is 42.4 Å². The summed E-state index contributed by atoms with van der Waals surface area (Å²) in [4.78, 5) is 24.9. The molecule has 0 aromatic heterocycles. The molecule has 1 N–H and O–H groups in total. The summed E-state index contributed by atoms with van der Waals surface area (Å²) in [5.74, 6) is -0.137. The quantitative estimate of drug-likeness (QED) is 0.861. The largest absolute Gasteiger partial charge is 0.482 e. The normalized spacial score (nSPS) is 21.3. The Morgan fingerprint density at radius 3 is 2.58 bits per heavy atom. The van der Waals surface area contributed by atoms with E-state index in [1.54, 1.807) is 17.0 Å². The molecule has 2 aliphatic rings. The van der Waals surface area contributed by atoms with Crippen LogP contribution in [0.1, 0.15) is 24.8 Å². The molecule has 1 atom stereocenters. The van der Waals surface area contributed by atoms with E-state index < -0.39 is 5.97 Å². The maximum atomic E-state index is 12.6. The Morgan fingerprint density at radius 1 is 1.29 bits per heavy atom. The highest BCUT2D eigenvalue weighted by atomic mass is 16.5. The summed E-state index contributed by atoms with van der Waals surface area (Å²) in [7, 11) is 1.84. The molecule has 0 bridgehead atoms. The van der Waals surface area contributed by atoms with Crippen LogP contribution in [0.15, 0.2) is 24.3 Å². The number of hydrogen-bond acceptors (Lipinski definition) is 4. The van der Waals surface area contributed by atoms with Gasteiger partial charge in [0.1, 0.15) is 5.75 Å². The molecule has 1 aliphatic heterocycles. The van der Waals surface area contributed by atoms with Crippen molar-refractivity contribution in [3.63, 3.8) is 0 Å². The third kappa shape index (κ3) is 3.70. The average Bonchev–Trinajstić information content (AvgIpc) is 3.27. The van der Waals surface area contributed by atoms with Gasteiger partial charge in [-0.3, -0.25) is 4.79 Å². The number of hydrogen-bond donors (Lipinski definition) is 1. The lowest BCUT2D eigenvalue weighted by Gasteiger charge is -2.24. The Bertz CT molecular complexity index is 606. The summed E-state index contributed by atoms with van der Waals surface area (Å²) in [6.45, 7) is 1.73. The number of rotatable bonds is 6. The van der Waals surface area contributed by atoms with Gasteiger partial charge in [-0.15, -0.1) is 0 Å². The maximum absolute atomic E-state index is 12.6. The highest BCUT2D eigenvalue weighted by Gasteiger charge is 2.58. The molecule has 130 valence electrons. The number of carboxylic acids is 1. The van der Waals surface area contributed by atoms with Crippen molar-refractivity contribution in [2.24, 2.45) is 11.3 Å². The van der Waals surface area contributed by atoms with Gasteiger partial charge in [-0.25, -0.2) is 4.79 Å². The summed E-state index contributed by atoms with van der Waals surface area (Å²) in [5, 5.41) is 8.60. The van der Waals surface area contributed by atoms with Gasteiger partial charge >= 0.3 is 5.97 Å². The zero-order chi connectivity index (χ0) is 17.2. The van der Waals surface area contributed by atoms with Crippen LogP contribution in [0.2, 0.25) is 0 Å². The topological polar surface area (TPSA) is 76.1 Å². The van der Waals surface area contributed by atoms with Crippen molar-refractivity contribution >= 4 is 11.9 Å². The molecule has 6 nitrogen and oxygen atoms in total. The van der Waals surface area contributed by atoms with Gasteiger partial charge in [0.2, 0.25) is 5.91 Å². The molecule has 1 unspecified atom stereocenters. The first-order valence-corrected chi connectivity index (χ1v) is 8.26. The van der Waals surface area contributed by atoms with Crippen LogP contribution in [-0.4, -0.2) is 48.8 Å². The van der Waals surface area contributed by atoms with E-state index in [1.807, 2.05) is 19.2 Å². The highest BCUT2D eigenvalue weighted by molar-refractivity contribution is 5.82. The molecule has 24 heavy (non-hydrogen) atoms. The third-order valence-electron chi connectivity index (χ3n) is 5.06. The lowest BCUT2D eigenvalue weighted by molar-refractivity contribution is -0.139. The van der Waals surface area contributed by atoms with Gasteiger partial charge in [0.05, 0.1) is 0 Å². The highest BCUT2D eigenvalue weighted by Crippen LogP contribution is 2.59. The van der Waals surface area contributed by atoms with Crippen molar-refractivity contribution in [1.82, 2.24) is 4.90 Å². The van der Waals surface area contributed by atoms with Crippen molar-refractivity contribution in [2.45, 2.75) is 25.8 Å². The Hall–Kier alpha value is -2.08. The zero-order valence-electron chi connectivity index (χ0n) is 13.9. The Kier molecular flexibility index (Phi) is 4.76. The van der Waals surface area contributed by atoms with E-state index in [9.17, 15) is 9.59 Å². The van der Waals surface area contributed by atoms with Crippen LogP contribution in [0, 0.1) is 11.3 Å². The zero-order valence-corrected chi connectivity index (χ0v) is 13.9. The smallest absolute Gasteiger partial charge is 0.341 e. The van der Waals surface area contributed by atoms with E-state index in [0.717, 1.165) is 38.0 Å². The van der Waals surface area contributed by atoms with Gasteiger partial charge in [0.15, 0.2) is 6.61 Å². The van der Waals surface area contributed by atoms with Crippen LogP contribution < -0.4 is 4.74 Å². The van der Waals surface area contributed by atoms with E-state index in [2.05, 4.69) is 0 Å². The molecule has 1 amide bonds. The minimum Gasteiger partial charge on any atom is -0.482 e. The monoisotopic (exact) mass is 333 g/mol. The van der Waals surface area contributed by atoms with E-state index in [4.69, 9.17) is 14.6 Å². The maximum Gasteiger partial charge on any atom is 0.341 e. The molecule has 1 saturated heterocycles. The van der Waals surface area contributed by atoms with Crippen molar-refractivity contribution in [2.75, 3.05) is 26.9 Å². The number of ether oxygens (including phenoxy) is 2. The van der Waals surface area contributed by atoms with E-state index in [1.165, 1.54) is 0 Å². The SMILES string of the molecule is CN(Cc1ccc(OCC(=O)O)cc1)C(=O)C1CC12CCOCC2. The molecule has 2 fully saturated rings. The van der Waals surface area contributed by atoms with Crippen molar-refractivity contribution in [3.8, 4) is 5.75 Å². The van der Waals surface area contributed by atoms with Crippen LogP contribution >= 0.6 is 0 Å². The fraction of sp³-hybridized carbons (Fsp3) is 0.556. The molecule has 1 spiro atoms. The first kappa shape index (κ1) is 16.8. The lowest BCUT2D eigenvalue weighted by atomic mass is 9.93. The predicted molar refractivity (Wildman–Crippen MR) is 86.6 cm³/mol. The molecule has 1 aromatic carbocycles. The van der Waals surface area contributed by atoms with Gasteiger partial charge in [0.25, 0.3) is 0 Å². The van der Waals surface area contributed by atoms with Gasteiger partial charge in [-0.2, -0.15) is 0 Å². The molecule has 0 radical (unpaired) electrons.